The average Bonchev–Trinajstić information content (AvgIpc) is 3.02. The maximum absolute atomic E-state index is 13.4. The van der Waals surface area contributed by atoms with Gasteiger partial charge in [0.2, 0.25) is 5.12 Å². The molecule has 2 amide bonds. The Kier molecular flexibility index (Phi) is 5.39. The quantitative estimate of drug-likeness (QED) is 0.779. The smallest absolute Gasteiger partial charge is 0.287 e. The maximum Gasteiger partial charge on any atom is 0.287 e. The van der Waals surface area contributed by atoms with Crippen molar-refractivity contribution < 1.29 is 28.2 Å². The van der Waals surface area contributed by atoms with Gasteiger partial charge in [-0.05, 0) is 35.9 Å². The average molecular weight is 416 g/mol. The van der Waals surface area contributed by atoms with Crippen molar-refractivity contribution in [1.82, 2.24) is 10.2 Å². The molecular formula is C20H17FN2O5S. The van der Waals surface area contributed by atoms with E-state index < -0.39 is 11.9 Å². The minimum atomic E-state index is -0.503. The van der Waals surface area contributed by atoms with Crippen LogP contribution in [0.1, 0.15) is 15.9 Å². The van der Waals surface area contributed by atoms with E-state index in [1.165, 1.54) is 23.1 Å². The van der Waals surface area contributed by atoms with E-state index in [0.717, 1.165) is 5.56 Å². The van der Waals surface area contributed by atoms with Crippen LogP contribution < -0.4 is 14.8 Å². The van der Waals surface area contributed by atoms with Gasteiger partial charge in [-0.15, -0.1) is 0 Å². The number of amides is 2. The highest BCUT2D eigenvalue weighted by Crippen LogP contribution is 2.25. The fourth-order valence-corrected chi connectivity index (χ4v) is 3.76. The molecule has 7 nitrogen and oxygen atoms in total. The Balaban J connectivity index is 1.28. The molecule has 2 aliphatic heterocycles. The van der Waals surface area contributed by atoms with Crippen LogP contribution in [0.2, 0.25) is 0 Å². The molecule has 0 aromatic heterocycles. The molecule has 1 fully saturated rings. The molecule has 1 unspecified atom stereocenters. The number of hydrogen-bond donors (Lipinski definition) is 1. The summed E-state index contributed by atoms with van der Waals surface area (Å²) in [6, 6.07) is 10.5. The van der Waals surface area contributed by atoms with E-state index in [2.05, 4.69) is 5.32 Å². The minimum Gasteiger partial charge on any atom is -0.492 e. The number of benzene rings is 2. The molecule has 1 N–H and O–H groups in total. The normalized spacial score (nSPS) is 18.3. The van der Waals surface area contributed by atoms with E-state index in [1.54, 1.807) is 12.1 Å². The number of hydrogen-bond acceptors (Lipinski definition) is 6. The van der Waals surface area contributed by atoms with Crippen molar-refractivity contribution in [2.24, 2.45) is 0 Å². The molecule has 0 saturated carbocycles. The van der Waals surface area contributed by atoms with Gasteiger partial charge in [0, 0.05) is 18.2 Å². The van der Waals surface area contributed by atoms with Crippen molar-refractivity contribution >= 4 is 28.0 Å². The molecule has 1 atom stereocenters. The van der Waals surface area contributed by atoms with Crippen LogP contribution in [0.15, 0.2) is 42.5 Å². The Morgan fingerprint density at radius 2 is 1.97 bits per heavy atom. The molecule has 9 heteroatoms. The number of carbonyl (C=O) groups excluding carboxylic acids is 3. The maximum atomic E-state index is 13.4. The number of rotatable bonds is 6. The molecule has 2 aromatic rings. The lowest BCUT2D eigenvalue weighted by molar-refractivity contribution is -0.112. The van der Waals surface area contributed by atoms with Gasteiger partial charge in [-0.25, -0.2) is 4.39 Å². The van der Waals surface area contributed by atoms with Gasteiger partial charge < -0.3 is 19.7 Å². The second kappa shape index (κ2) is 8.12. The summed E-state index contributed by atoms with van der Waals surface area (Å²) in [5.74, 6) is 0.198. The van der Waals surface area contributed by atoms with Crippen LogP contribution in [0.25, 0.3) is 0 Å². The van der Waals surface area contributed by atoms with E-state index in [4.69, 9.17) is 9.47 Å². The van der Waals surface area contributed by atoms with Gasteiger partial charge in [-0.1, -0.05) is 12.1 Å². The van der Waals surface area contributed by atoms with Crippen molar-refractivity contribution in [3.8, 4) is 11.5 Å². The summed E-state index contributed by atoms with van der Waals surface area (Å²) in [6.07, 6.45) is 0.424. The first kappa shape index (κ1) is 19.3. The van der Waals surface area contributed by atoms with E-state index in [1.807, 2.05) is 12.1 Å². The lowest BCUT2D eigenvalue weighted by Gasteiger charge is -2.28. The molecule has 2 heterocycles. The van der Waals surface area contributed by atoms with E-state index in [0.29, 0.717) is 29.7 Å². The standard InChI is InChI=1S/C20H17FN2O5S/c21-13-3-6-17-15(10-13)18(24)23(11-28-17)7-8-27-14-4-1-12(2-5-14)9-16-19(25)29-20(26)22-16/h1-6,10,16H,7-9,11H2,(H,22,26). The van der Waals surface area contributed by atoms with Gasteiger partial charge in [0.25, 0.3) is 11.1 Å². The van der Waals surface area contributed by atoms with Gasteiger partial charge in [-0.3, -0.25) is 14.4 Å². The van der Waals surface area contributed by atoms with E-state index in [9.17, 15) is 18.8 Å². The van der Waals surface area contributed by atoms with Gasteiger partial charge in [-0.2, -0.15) is 0 Å². The van der Waals surface area contributed by atoms with Gasteiger partial charge in [0.15, 0.2) is 6.73 Å². The van der Waals surface area contributed by atoms with Gasteiger partial charge in [0.1, 0.15) is 30.0 Å². The molecule has 0 bridgehead atoms. The number of nitrogens with zero attached hydrogens (tertiary/aromatic N) is 1. The van der Waals surface area contributed by atoms with E-state index in [-0.39, 0.29) is 41.7 Å². The summed E-state index contributed by atoms with van der Waals surface area (Å²) in [5.41, 5.74) is 1.10. The van der Waals surface area contributed by atoms with Crippen LogP contribution >= 0.6 is 11.8 Å². The highest BCUT2D eigenvalue weighted by molar-refractivity contribution is 8.26. The van der Waals surface area contributed by atoms with Gasteiger partial charge in [0.05, 0.1) is 12.1 Å². The molecule has 0 spiro atoms. The molecule has 0 aliphatic carbocycles. The largest absolute Gasteiger partial charge is 0.492 e. The van der Waals surface area contributed by atoms with Crippen molar-refractivity contribution in [3.05, 3.63) is 59.4 Å². The van der Waals surface area contributed by atoms with Crippen molar-refractivity contribution in [1.29, 1.82) is 0 Å². The lowest BCUT2D eigenvalue weighted by atomic mass is 10.1. The molecule has 29 heavy (non-hydrogen) atoms. The fourth-order valence-electron chi connectivity index (χ4n) is 3.10. The first-order valence-electron chi connectivity index (χ1n) is 8.95. The Morgan fingerprint density at radius 1 is 1.17 bits per heavy atom. The van der Waals surface area contributed by atoms with Crippen LogP contribution in [0.5, 0.6) is 11.5 Å². The summed E-state index contributed by atoms with van der Waals surface area (Å²) in [4.78, 5) is 36.8. The van der Waals surface area contributed by atoms with Crippen molar-refractivity contribution in [3.63, 3.8) is 0 Å². The molecule has 2 aromatic carbocycles. The number of ether oxygens (including phenoxy) is 2. The lowest BCUT2D eigenvalue weighted by Crippen LogP contribution is -2.41. The predicted octanol–water partition coefficient (Wildman–Crippen LogP) is 2.59. The minimum absolute atomic E-state index is 0.0823. The Bertz CT molecular complexity index is 966. The zero-order valence-electron chi connectivity index (χ0n) is 15.2. The summed E-state index contributed by atoms with van der Waals surface area (Å²) < 4.78 is 24.5. The zero-order chi connectivity index (χ0) is 20.4. The number of nitrogens with one attached hydrogen (secondary N) is 1. The van der Waals surface area contributed by atoms with Crippen LogP contribution in [-0.4, -0.2) is 47.1 Å². The Labute approximate surface area is 170 Å². The van der Waals surface area contributed by atoms with Gasteiger partial charge >= 0.3 is 0 Å². The SMILES string of the molecule is O=C1NC(Cc2ccc(OCCN3COc4ccc(F)cc4C3=O)cc2)C(=O)S1. The first-order valence-corrected chi connectivity index (χ1v) is 9.77. The first-order chi connectivity index (χ1) is 14.0. The summed E-state index contributed by atoms with van der Waals surface area (Å²) in [6.45, 7) is 0.613. The number of fused-ring (bicyclic) bond motifs is 1. The second-order valence-corrected chi connectivity index (χ2v) is 7.56. The van der Waals surface area contributed by atoms with Crippen LogP contribution in [0, 0.1) is 5.82 Å². The highest BCUT2D eigenvalue weighted by Gasteiger charge is 2.31. The van der Waals surface area contributed by atoms with Crippen LogP contribution in [0.4, 0.5) is 9.18 Å². The van der Waals surface area contributed by atoms with E-state index >= 15 is 0 Å². The van der Waals surface area contributed by atoms with Crippen molar-refractivity contribution in [2.75, 3.05) is 19.9 Å². The Hall–Kier alpha value is -3.07. The highest BCUT2D eigenvalue weighted by atomic mass is 32.2. The molecule has 1 saturated heterocycles. The summed E-state index contributed by atoms with van der Waals surface area (Å²) in [5, 5.41) is 2.13. The predicted molar refractivity (Wildman–Crippen MR) is 103 cm³/mol. The van der Waals surface area contributed by atoms with Crippen LogP contribution in [-0.2, 0) is 11.2 Å². The molecule has 4 rings (SSSR count). The molecule has 2 aliphatic rings. The van der Waals surface area contributed by atoms with Crippen LogP contribution in [0.3, 0.4) is 0 Å². The zero-order valence-corrected chi connectivity index (χ0v) is 16.0. The molecule has 0 radical (unpaired) electrons. The number of thioether (sulfide) groups is 1. The van der Waals surface area contributed by atoms with Crippen molar-refractivity contribution in [2.45, 2.75) is 12.5 Å². The number of carbonyl (C=O) groups is 3. The summed E-state index contributed by atoms with van der Waals surface area (Å²) >= 11 is 0.695. The fraction of sp³-hybridized carbons (Fsp3) is 0.250. The third kappa shape index (κ3) is 4.34. The monoisotopic (exact) mass is 416 g/mol. The second-order valence-electron chi connectivity index (χ2n) is 6.58. The topological polar surface area (TPSA) is 84.9 Å². The molecule has 150 valence electrons. The molecular weight excluding hydrogens is 399 g/mol. The summed E-state index contributed by atoms with van der Waals surface area (Å²) in [7, 11) is 0. The third-order valence-corrected chi connectivity index (χ3v) is 5.39. The Morgan fingerprint density at radius 3 is 2.69 bits per heavy atom. The number of halogens is 1. The third-order valence-electron chi connectivity index (χ3n) is 4.60.